The molecule has 1 saturated heterocycles. The molecule has 0 saturated carbocycles. The summed E-state index contributed by atoms with van der Waals surface area (Å²) in [5, 5.41) is 3.13. The number of benzene rings is 2. The Hall–Kier alpha value is -2.20. The smallest absolute Gasteiger partial charge is 0.308 e. The third-order valence-electron chi connectivity index (χ3n) is 5.04. The maximum atomic E-state index is 12.8. The Balaban J connectivity index is 1.60. The van der Waals surface area contributed by atoms with Crippen molar-refractivity contribution in [1.29, 1.82) is 0 Å². The minimum absolute atomic E-state index is 0.168. The molecule has 1 amide bonds. The quantitative estimate of drug-likeness (QED) is 0.625. The predicted octanol–water partition coefficient (Wildman–Crippen LogP) is 3.45. The SMILES string of the molecule is Cc1ccc(NC(=O)Cn2c(=O)sc3cc(S(=O)(=O)N4CCCC4)ccc32)c(Cl)c1. The van der Waals surface area contributed by atoms with Gasteiger partial charge in [-0.15, -0.1) is 0 Å². The number of halogens is 1. The minimum atomic E-state index is -3.57. The van der Waals surface area contributed by atoms with E-state index in [0.717, 1.165) is 29.7 Å². The summed E-state index contributed by atoms with van der Waals surface area (Å²) >= 11 is 7.08. The zero-order chi connectivity index (χ0) is 21.5. The molecule has 0 spiro atoms. The maximum absolute atomic E-state index is 12.8. The number of nitrogens with one attached hydrogen (secondary N) is 1. The van der Waals surface area contributed by atoms with E-state index < -0.39 is 15.9 Å². The van der Waals surface area contributed by atoms with Crippen molar-refractivity contribution in [2.24, 2.45) is 0 Å². The summed E-state index contributed by atoms with van der Waals surface area (Å²) < 4.78 is 28.9. The number of rotatable bonds is 5. The molecule has 2 aromatic carbocycles. The fourth-order valence-electron chi connectivity index (χ4n) is 3.49. The summed E-state index contributed by atoms with van der Waals surface area (Å²) in [5.74, 6) is -0.392. The van der Waals surface area contributed by atoms with E-state index in [4.69, 9.17) is 11.6 Å². The van der Waals surface area contributed by atoms with Crippen LogP contribution in [-0.2, 0) is 21.4 Å². The van der Waals surface area contributed by atoms with E-state index in [2.05, 4.69) is 5.32 Å². The molecular formula is C20H20ClN3O4S2. The van der Waals surface area contributed by atoms with Crippen molar-refractivity contribution in [1.82, 2.24) is 8.87 Å². The van der Waals surface area contributed by atoms with Gasteiger partial charge in [0, 0.05) is 13.1 Å². The number of hydrogen-bond acceptors (Lipinski definition) is 5. The monoisotopic (exact) mass is 465 g/mol. The molecule has 1 aliphatic rings. The number of amides is 1. The first-order valence-electron chi connectivity index (χ1n) is 9.45. The van der Waals surface area contributed by atoms with Crippen LogP contribution >= 0.6 is 22.9 Å². The van der Waals surface area contributed by atoms with Gasteiger partial charge in [0.05, 0.1) is 25.8 Å². The highest BCUT2D eigenvalue weighted by Gasteiger charge is 2.27. The number of thiazole rings is 1. The highest BCUT2D eigenvalue weighted by Crippen LogP contribution is 2.26. The van der Waals surface area contributed by atoms with Gasteiger partial charge in [0.15, 0.2) is 0 Å². The number of anilines is 1. The van der Waals surface area contributed by atoms with Crippen LogP contribution in [0.25, 0.3) is 10.2 Å². The number of sulfonamides is 1. The van der Waals surface area contributed by atoms with Gasteiger partial charge in [-0.25, -0.2) is 8.42 Å². The molecule has 0 radical (unpaired) electrons. The second-order valence-electron chi connectivity index (χ2n) is 7.23. The molecular weight excluding hydrogens is 446 g/mol. The topological polar surface area (TPSA) is 88.5 Å². The first-order valence-corrected chi connectivity index (χ1v) is 12.1. The van der Waals surface area contributed by atoms with Crippen molar-refractivity contribution in [3.05, 3.63) is 56.7 Å². The van der Waals surface area contributed by atoms with E-state index >= 15 is 0 Å². The highest BCUT2D eigenvalue weighted by atomic mass is 35.5. The lowest BCUT2D eigenvalue weighted by Crippen LogP contribution is -2.27. The van der Waals surface area contributed by atoms with Gasteiger partial charge < -0.3 is 5.32 Å². The van der Waals surface area contributed by atoms with Gasteiger partial charge in [0.25, 0.3) is 0 Å². The van der Waals surface area contributed by atoms with Gasteiger partial charge in [-0.05, 0) is 55.7 Å². The molecule has 1 aromatic heterocycles. The lowest BCUT2D eigenvalue weighted by atomic mass is 10.2. The summed E-state index contributed by atoms with van der Waals surface area (Å²) in [6, 6.07) is 9.87. The standard InChI is InChI=1S/C20H20ClN3O4S2/c1-13-4-6-16(15(21)10-13)22-19(25)12-24-17-7-5-14(11-18(17)29-20(24)26)30(27,28)23-8-2-3-9-23/h4-7,10-11H,2-3,8-9,12H2,1H3,(H,22,25). The second kappa shape index (κ2) is 8.14. The third kappa shape index (κ3) is 4.02. The normalized spacial score (nSPS) is 15.0. The highest BCUT2D eigenvalue weighted by molar-refractivity contribution is 7.89. The largest absolute Gasteiger partial charge is 0.323 e. The number of carbonyl (C=O) groups excluding carboxylic acids is 1. The van der Waals surface area contributed by atoms with Gasteiger partial charge in [0.2, 0.25) is 15.9 Å². The molecule has 0 atom stereocenters. The van der Waals surface area contributed by atoms with Crippen molar-refractivity contribution in [3.8, 4) is 0 Å². The molecule has 7 nitrogen and oxygen atoms in total. The van der Waals surface area contributed by atoms with Gasteiger partial charge in [-0.3, -0.25) is 14.2 Å². The summed E-state index contributed by atoms with van der Waals surface area (Å²) in [4.78, 5) is 24.8. The molecule has 1 N–H and O–H groups in total. The average molecular weight is 466 g/mol. The molecule has 1 aliphatic heterocycles. The van der Waals surface area contributed by atoms with Crippen molar-refractivity contribution in [2.75, 3.05) is 18.4 Å². The van der Waals surface area contributed by atoms with Crippen LogP contribution in [0.4, 0.5) is 5.69 Å². The lowest BCUT2D eigenvalue weighted by molar-refractivity contribution is -0.116. The average Bonchev–Trinajstić information content (AvgIpc) is 3.33. The second-order valence-corrected chi connectivity index (χ2v) is 10.6. The van der Waals surface area contributed by atoms with E-state index in [0.29, 0.717) is 34.0 Å². The van der Waals surface area contributed by atoms with E-state index in [-0.39, 0.29) is 16.3 Å². The zero-order valence-corrected chi connectivity index (χ0v) is 18.6. The molecule has 30 heavy (non-hydrogen) atoms. The molecule has 1 fully saturated rings. The van der Waals surface area contributed by atoms with Crippen molar-refractivity contribution < 1.29 is 13.2 Å². The Bertz CT molecular complexity index is 1290. The predicted molar refractivity (Wildman–Crippen MR) is 119 cm³/mol. The summed E-state index contributed by atoms with van der Waals surface area (Å²) in [5.41, 5.74) is 1.96. The Kier molecular flexibility index (Phi) is 5.71. The van der Waals surface area contributed by atoms with Crippen LogP contribution in [-0.4, -0.2) is 36.3 Å². The van der Waals surface area contributed by atoms with E-state index in [1.807, 2.05) is 13.0 Å². The Morgan fingerprint density at radius 1 is 1.17 bits per heavy atom. The van der Waals surface area contributed by atoms with Crippen LogP contribution in [0.1, 0.15) is 18.4 Å². The van der Waals surface area contributed by atoms with Crippen LogP contribution in [0.5, 0.6) is 0 Å². The van der Waals surface area contributed by atoms with Crippen LogP contribution < -0.4 is 10.2 Å². The molecule has 0 bridgehead atoms. The van der Waals surface area contributed by atoms with Gasteiger partial charge in [-0.2, -0.15) is 4.31 Å². The number of carbonyl (C=O) groups is 1. The molecule has 10 heteroatoms. The Morgan fingerprint density at radius 2 is 1.90 bits per heavy atom. The molecule has 0 unspecified atom stereocenters. The number of nitrogens with zero attached hydrogens (tertiary/aromatic N) is 2. The van der Waals surface area contributed by atoms with Crippen molar-refractivity contribution >= 4 is 54.8 Å². The summed E-state index contributed by atoms with van der Waals surface area (Å²) in [6.45, 7) is 2.73. The molecule has 3 aromatic rings. The Labute approximate surface area is 182 Å². The van der Waals surface area contributed by atoms with Crippen LogP contribution in [0, 0.1) is 6.92 Å². The first-order chi connectivity index (χ1) is 14.3. The molecule has 0 aliphatic carbocycles. The number of hydrogen-bond donors (Lipinski definition) is 1. The van der Waals surface area contributed by atoms with Crippen molar-refractivity contribution in [3.63, 3.8) is 0 Å². The number of aromatic nitrogens is 1. The lowest BCUT2D eigenvalue weighted by Gasteiger charge is -2.15. The first kappa shape index (κ1) is 21.0. The fourth-order valence-corrected chi connectivity index (χ4v) is 6.32. The van der Waals surface area contributed by atoms with E-state index in [1.165, 1.54) is 21.0 Å². The third-order valence-corrected chi connectivity index (χ3v) is 8.19. The summed E-state index contributed by atoms with van der Waals surface area (Å²) in [6.07, 6.45) is 1.70. The van der Waals surface area contributed by atoms with Gasteiger partial charge in [-0.1, -0.05) is 29.0 Å². The van der Waals surface area contributed by atoms with Crippen LogP contribution in [0.3, 0.4) is 0 Å². The number of fused-ring (bicyclic) bond motifs is 1. The van der Waals surface area contributed by atoms with Crippen molar-refractivity contribution in [2.45, 2.75) is 31.2 Å². The minimum Gasteiger partial charge on any atom is -0.323 e. The van der Waals surface area contributed by atoms with Crippen LogP contribution in [0.2, 0.25) is 5.02 Å². The summed E-state index contributed by atoms with van der Waals surface area (Å²) in [7, 11) is -3.57. The van der Waals surface area contributed by atoms with Crippen LogP contribution in [0.15, 0.2) is 46.1 Å². The van der Waals surface area contributed by atoms with E-state index in [9.17, 15) is 18.0 Å². The molecule has 4 rings (SSSR count). The number of aryl methyl sites for hydroxylation is 1. The van der Waals surface area contributed by atoms with E-state index in [1.54, 1.807) is 18.2 Å². The zero-order valence-electron chi connectivity index (χ0n) is 16.2. The van der Waals surface area contributed by atoms with Gasteiger partial charge in [0.1, 0.15) is 6.54 Å². The molecule has 2 heterocycles. The van der Waals surface area contributed by atoms with Gasteiger partial charge >= 0.3 is 4.87 Å². The maximum Gasteiger partial charge on any atom is 0.308 e. The molecule has 158 valence electrons. The Morgan fingerprint density at radius 3 is 2.60 bits per heavy atom. The fraction of sp³-hybridized carbons (Fsp3) is 0.300.